The van der Waals surface area contributed by atoms with Crippen LogP contribution in [0.15, 0.2) is 23.1 Å². The van der Waals surface area contributed by atoms with Crippen LogP contribution >= 0.6 is 0 Å². The molecular weight excluding hydrogens is 272 g/mol. The molecule has 0 aliphatic carbocycles. The summed E-state index contributed by atoms with van der Waals surface area (Å²) in [6.45, 7) is -0.974. The van der Waals surface area contributed by atoms with Gasteiger partial charge in [-0.25, -0.2) is 17.2 Å². The monoisotopic (exact) mass is 281 g/mol. The molecule has 100 valence electrons. The zero-order chi connectivity index (χ0) is 13.9. The van der Waals surface area contributed by atoms with Gasteiger partial charge < -0.3 is 10.2 Å². The highest BCUT2D eigenvalue weighted by Crippen LogP contribution is 2.14. The molecule has 0 aliphatic rings. The molecule has 1 atom stereocenters. The van der Waals surface area contributed by atoms with Crippen molar-refractivity contribution in [3.63, 3.8) is 0 Å². The topological polar surface area (TPSA) is 104 Å². The first-order valence-corrected chi connectivity index (χ1v) is 6.07. The smallest absolute Gasteiger partial charge is 0.324 e. The summed E-state index contributed by atoms with van der Waals surface area (Å²) in [6, 6.07) is 0.0203. The zero-order valence-corrected chi connectivity index (χ0v) is 9.62. The van der Waals surface area contributed by atoms with Crippen LogP contribution in [-0.4, -0.2) is 37.2 Å². The van der Waals surface area contributed by atoms with Crippen molar-refractivity contribution in [3.05, 3.63) is 29.8 Å². The number of aliphatic hydroxyl groups excluding tert-OH is 1. The lowest BCUT2D eigenvalue weighted by atomic mass is 10.3. The highest BCUT2D eigenvalue weighted by Gasteiger charge is 2.25. The number of benzene rings is 1. The number of carbonyl (C=O) groups is 1. The van der Waals surface area contributed by atoms with Gasteiger partial charge in [0.25, 0.3) is 0 Å². The maximum atomic E-state index is 12.9. The van der Waals surface area contributed by atoms with Crippen LogP contribution in [0.1, 0.15) is 0 Å². The van der Waals surface area contributed by atoms with Crippen molar-refractivity contribution in [2.24, 2.45) is 0 Å². The van der Waals surface area contributed by atoms with E-state index in [0.717, 1.165) is 6.07 Å². The third-order valence-corrected chi connectivity index (χ3v) is 3.45. The van der Waals surface area contributed by atoms with Gasteiger partial charge in [-0.2, -0.15) is 4.72 Å². The number of carboxylic acid groups (broad SMARTS) is 1. The van der Waals surface area contributed by atoms with Gasteiger partial charge in [-0.15, -0.1) is 0 Å². The Morgan fingerprint density at radius 3 is 2.39 bits per heavy atom. The molecule has 6 nitrogen and oxygen atoms in total. The van der Waals surface area contributed by atoms with E-state index in [1.54, 1.807) is 4.72 Å². The van der Waals surface area contributed by atoms with Crippen LogP contribution in [0.4, 0.5) is 8.78 Å². The molecule has 0 fully saturated rings. The molecule has 0 aliphatic heterocycles. The fourth-order valence-electron chi connectivity index (χ4n) is 1.07. The van der Waals surface area contributed by atoms with E-state index in [1.165, 1.54) is 0 Å². The summed E-state index contributed by atoms with van der Waals surface area (Å²) in [5.41, 5.74) is 0. The Hall–Kier alpha value is -1.58. The van der Waals surface area contributed by atoms with Gasteiger partial charge in [0.15, 0.2) is 11.6 Å². The fourth-order valence-corrected chi connectivity index (χ4v) is 2.26. The summed E-state index contributed by atoms with van der Waals surface area (Å²) < 4.78 is 50.3. The van der Waals surface area contributed by atoms with Crippen molar-refractivity contribution in [2.45, 2.75) is 10.9 Å². The van der Waals surface area contributed by atoms with Crippen molar-refractivity contribution >= 4 is 16.0 Å². The lowest BCUT2D eigenvalue weighted by Gasteiger charge is -2.12. The standard InChI is InChI=1S/C9H9F2NO5S/c10-6-2-1-5(3-7(6)11)18(16,17)12-8(4-13)9(14)15/h1-3,8,12-13H,4H2,(H,14,15)/t8-/m1/s1. The van der Waals surface area contributed by atoms with Gasteiger partial charge in [0, 0.05) is 0 Å². The first-order chi connectivity index (χ1) is 8.27. The molecule has 0 unspecified atom stereocenters. The van der Waals surface area contributed by atoms with E-state index in [-0.39, 0.29) is 0 Å². The van der Waals surface area contributed by atoms with Crippen LogP contribution < -0.4 is 4.72 Å². The van der Waals surface area contributed by atoms with Crippen LogP contribution in [0.3, 0.4) is 0 Å². The van der Waals surface area contributed by atoms with Gasteiger partial charge >= 0.3 is 5.97 Å². The molecule has 9 heteroatoms. The summed E-state index contributed by atoms with van der Waals surface area (Å²) in [6.07, 6.45) is 0. The summed E-state index contributed by atoms with van der Waals surface area (Å²) in [5, 5.41) is 17.2. The molecule has 0 bridgehead atoms. The molecule has 0 saturated carbocycles. The lowest BCUT2D eigenvalue weighted by Crippen LogP contribution is -2.43. The van der Waals surface area contributed by atoms with Crippen LogP contribution in [0, 0.1) is 11.6 Å². The maximum absolute atomic E-state index is 12.9. The average molecular weight is 281 g/mol. The number of aliphatic carboxylic acids is 1. The predicted octanol–water partition coefficient (Wildman–Crippen LogP) is -0.311. The number of aliphatic hydroxyl groups is 1. The van der Waals surface area contributed by atoms with Crippen molar-refractivity contribution in [1.82, 2.24) is 4.72 Å². The summed E-state index contributed by atoms with van der Waals surface area (Å²) in [5.74, 6) is -4.21. The van der Waals surface area contributed by atoms with Gasteiger partial charge in [-0.1, -0.05) is 0 Å². The first-order valence-electron chi connectivity index (χ1n) is 4.59. The summed E-state index contributed by atoms with van der Waals surface area (Å²) in [7, 11) is -4.35. The predicted molar refractivity (Wildman–Crippen MR) is 55.2 cm³/mol. The Kier molecular flexibility index (Phi) is 4.33. The molecule has 0 saturated heterocycles. The molecule has 18 heavy (non-hydrogen) atoms. The fraction of sp³-hybridized carbons (Fsp3) is 0.222. The van der Waals surface area contributed by atoms with E-state index >= 15 is 0 Å². The minimum absolute atomic E-state index is 0.411. The summed E-state index contributed by atoms with van der Waals surface area (Å²) >= 11 is 0. The summed E-state index contributed by atoms with van der Waals surface area (Å²) in [4.78, 5) is 9.90. The minimum atomic E-state index is -4.35. The molecular formula is C9H9F2NO5S. The van der Waals surface area contributed by atoms with Crippen molar-refractivity contribution in [3.8, 4) is 0 Å². The highest BCUT2D eigenvalue weighted by molar-refractivity contribution is 7.89. The number of hydrogen-bond acceptors (Lipinski definition) is 4. The van der Waals surface area contributed by atoms with Gasteiger partial charge in [0.05, 0.1) is 11.5 Å². The van der Waals surface area contributed by atoms with E-state index in [0.29, 0.717) is 12.1 Å². The first kappa shape index (κ1) is 14.5. The quantitative estimate of drug-likeness (QED) is 0.686. The van der Waals surface area contributed by atoms with Crippen LogP contribution in [-0.2, 0) is 14.8 Å². The molecule has 0 radical (unpaired) electrons. The molecule has 0 amide bonds. The van der Waals surface area contributed by atoms with Gasteiger partial charge in [-0.3, -0.25) is 4.79 Å². The SMILES string of the molecule is O=C(O)[C@@H](CO)NS(=O)(=O)c1ccc(F)c(F)c1. The number of halogens is 2. The largest absolute Gasteiger partial charge is 0.480 e. The van der Waals surface area contributed by atoms with E-state index in [4.69, 9.17) is 10.2 Å². The Morgan fingerprint density at radius 1 is 1.33 bits per heavy atom. The van der Waals surface area contributed by atoms with E-state index in [1.807, 2.05) is 0 Å². The number of hydrogen-bond donors (Lipinski definition) is 3. The van der Waals surface area contributed by atoms with Crippen molar-refractivity contribution in [1.29, 1.82) is 0 Å². The molecule has 1 rings (SSSR count). The normalized spacial score (nSPS) is 13.3. The van der Waals surface area contributed by atoms with Crippen molar-refractivity contribution in [2.75, 3.05) is 6.61 Å². The van der Waals surface area contributed by atoms with Gasteiger partial charge in [0.2, 0.25) is 10.0 Å². The zero-order valence-electron chi connectivity index (χ0n) is 8.80. The second kappa shape index (κ2) is 5.38. The van der Waals surface area contributed by atoms with Gasteiger partial charge in [-0.05, 0) is 18.2 Å². The van der Waals surface area contributed by atoms with Crippen LogP contribution in [0.5, 0.6) is 0 Å². The Bertz CT molecular complexity index is 560. The average Bonchev–Trinajstić information content (AvgIpc) is 2.29. The Labute approximate surface area is 101 Å². The van der Waals surface area contributed by atoms with E-state index in [2.05, 4.69) is 0 Å². The molecule has 1 aromatic carbocycles. The number of sulfonamides is 1. The third kappa shape index (κ3) is 3.22. The molecule has 0 heterocycles. The molecule has 0 aromatic heterocycles. The minimum Gasteiger partial charge on any atom is -0.480 e. The molecule has 1 aromatic rings. The molecule has 3 N–H and O–H groups in total. The van der Waals surface area contributed by atoms with E-state index < -0.39 is 45.2 Å². The Morgan fingerprint density at radius 2 is 1.94 bits per heavy atom. The molecule has 0 spiro atoms. The maximum Gasteiger partial charge on any atom is 0.324 e. The second-order valence-corrected chi connectivity index (χ2v) is 4.98. The number of nitrogens with one attached hydrogen (secondary N) is 1. The third-order valence-electron chi connectivity index (χ3n) is 1.98. The van der Waals surface area contributed by atoms with Crippen LogP contribution in [0.2, 0.25) is 0 Å². The lowest BCUT2D eigenvalue weighted by molar-refractivity contribution is -0.139. The highest BCUT2D eigenvalue weighted by atomic mass is 32.2. The van der Waals surface area contributed by atoms with Gasteiger partial charge in [0.1, 0.15) is 6.04 Å². The van der Waals surface area contributed by atoms with E-state index in [9.17, 15) is 22.0 Å². The number of carboxylic acids is 1. The second-order valence-electron chi connectivity index (χ2n) is 3.27. The van der Waals surface area contributed by atoms with Crippen molar-refractivity contribution < 1.29 is 32.2 Å². The van der Waals surface area contributed by atoms with Crippen LogP contribution in [0.25, 0.3) is 0 Å². The number of rotatable bonds is 5. The Balaban J connectivity index is 3.06.